The molecular weight excluding hydrogens is 191 g/mol. The van der Waals surface area contributed by atoms with E-state index in [4.69, 9.17) is 14.8 Å². The monoisotopic (exact) mass is 198 g/mol. The molecule has 0 unspecified atom stereocenters. The molecule has 4 nitrogen and oxygen atoms in total. The molecule has 0 bridgehead atoms. The molecule has 0 aliphatic heterocycles. The molecule has 0 heterocycles. The van der Waals surface area contributed by atoms with Gasteiger partial charge in [0.25, 0.3) is 0 Å². The van der Waals surface area contributed by atoms with E-state index in [2.05, 4.69) is 0 Å². The van der Waals surface area contributed by atoms with Crippen LogP contribution >= 0.6 is 0 Å². The molecule has 0 aromatic heterocycles. The number of hydrogen-bond acceptors (Lipinski definition) is 4. The first-order valence-electron chi connectivity index (χ1n) is 0.894. The Morgan fingerprint density at radius 3 is 0.857 bits per heavy atom. The average molecular weight is 198 g/mol. The van der Waals surface area contributed by atoms with Crippen molar-refractivity contribution < 1.29 is 32.9 Å². The van der Waals surface area contributed by atoms with Crippen molar-refractivity contribution in [2.75, 3.05) is 0 Å². The predicted molar refractivity (Wildman–Crippen MR) is 24.6 cm³/mol. The predicted octanol–water partition coefficient (Wildman–Crippen LogP) is -3.80. The summed E-state index contributed by atoms with van der Waals surface area (Å²) in [6, 6.07) is 0. The third-order valence-electron chi connectivity index (χ3n) is 0. The maximum absolute atomic E-state index is 7.38. The normalized spacial score (nSPS) is 8.57. The van der Waals surface area contributed by atoms with Gasteiger partial charge in [0.05, 0.1) is 0 Å². The van der Waals surface area contributed by atoms with Crippen LogP contribution in [-0.4, -0.2) is 104 Å². The molecule has 0 aliphatic rings. The van der Waals surface area contributed by atoms with E-state index in [-0.39, 0.29) is 89.1 Å². The van der Waals surface area contributed by atoms with Gasteiger partial charge in [-0.15, -0.1) is 0 Å². The minimum atomic E-state index is -5.00. The zero-order valence-electron chi connectivity index (χ0n) is 2.29. The van der Waals surface area contributed by atoms with Crippen LogP contribution in [0.3, 0.4) is 0 Å². The molecule has 0 aromatic rings. The Labute approximate surface area is 119 Å². The summed E-state index contributed by atoms with van der Waals surface area (Å²) < 4.78 is 29.5. The molecule has 0 rings (SSSR count). The summed E-state index contributed by atoms with van der Waals surface area (Å²) in [6.07, 6.45) is 0. The van der Waals surface area contributed by atoms with Gasteiger partial charge in [-0.3, -0.25) is 0 Å². The second-order valence-electron chi connectivity index (χ2n) is 0.600. The molecule has 0 saturated carbocycles. The zero-order valence-corrected chi connectivity index (χ0v) is 3.85. The topological polar surface area (TPSA) is 80.9 Å². The Bertz CT molecular complexity index is 27.2. The van der Waals surface area contributed by atoms with Gasteiger partial charge < -0.3 is 0 Å². The van der Waals surface area contributed by atoms with Crippen LogP contribution < -0.4 is 0 Å². The molecule has 4 N–H and O–H groups in total. The summed E-state index contributed by atoms with van der Waals surface area (Å²) in [5, 5.41) is 0. The maximum atomic E-state index is 7.38. The fourth-order valence-electron chi connectivity index (χ4n) is 0. The minimum absolute atomic E-state index is 0. The summed E-state index contributed by atoms with van der Waals surface area (Å²) in [5.41, 5.74) is 0. The number of hydrogen-bond donors (Lipinski definition) is 4. The summed E-state index contributed by atoms with van der Waals surface area (Å²) in [6.45, 7) is 0. The molecule has 7 heavy (non-hydrogen) atoms. The van der Waals surface area contributed by atoms with Crippen LogP contribution in [0.25, 0.3) is 0 Å². The van der Waals surface area contributed by atoms with Crippen LogP contribution in [0.1, 0.15) is 0 Å². The Hall–Kier alpha value is 3.45. The van der Waals surface area contributed by atoms with Crippen LogP contribution in [-0.2, 0) is 18.1 Å². The van der Waals surface area contributed by atoms with Gasteiger partial charge in [0.2, 0.25) is 0 Å². The van der Waals surface area contributed by atoms with Crippen molar-refractivity contribution in [3.63, 3.8) is 0 Å². The van der Waals surface area contributed by atoms with Crippen molar-refractivity contribution in [3.8, 4) is 0 Å². The van der Waals surface area contributed by atoms with Crippen molar-refractivity contribution in [2.24, 2.45) is 0 Å². The van der Waals surface area contributed by atoms with Gasteiger partial charge in [-0.25, -0.2) is 0 Å². The molecule has 7 heteroatoms. The summed E-state index contributed by atoms with van der Waals surface area (Å²) in [4.78, 5) is 0. The van der Waals surface area contributed by atoms with E-state index < -0.39 is 18.1 Å². The van der Waals surface area contributed by atoms with E-state index in [1.165, 1.54) is 0 Å². The molecular formula is H7CaKO4Ti. The molecule has 0 saturated heterocycles. The third kappa shape index (κ3) is 44.1. The second-order valence-corrected chi connectivity index (χ2v) is 2.47. The molecule has 0 fully saturated rings. The van der Waals surface area contributed by atoms with Gasteiger partial charge in [0.1, 0.15) is 0 Å². The first kappa shape index (κ1) is 16.8. The van der Waals surface area contributed by atoms with Gasteiger partial charge in [0, 0.05) is 0 Å². The Morgan fingerprint density at radius 2 is 0.857 bits per heavy atom. The Balaban J connectivity index is -0.0000000800. The van der Waals surface area contributed by atoms with Crippen LogP contribution in [0.5, 0.6) is 0 Å². The Kier molecular flexibility index (Phi) is 18.2. The van der Waals surface area contributed by atoms with E-state index >= 15 is 0 Å². The van der Waals surface area contributed by atoms with Gasteiger partial charge in [-0.1, -0.05) is 0 Å². The van der Waals surface area contributed by atoms with Crippen molar-refractivity contribution in [2.45, 2.75) is 0 Å². The van der Waals surface area contributed by atoms with Crippen molar-refractivity contribution >= 4 is 89.1 Å². The summed E-state index contributed by atoms with van der Waals surface area (Å²) in [7, 11) is 0. The molecule has 0 amide bonds. The van der Waals surface area contributed by atoms with Gasteiger partial charge >= 0.3 is 122 Å². The zero-order chi connectivity index (χ0) is 4.50. The van der Waals surface area contributed by atoms with Gasteiger partial charge in [0.15, 0.2) is 0 Å². The van der Waals surface area contributed by atoms with Crippen LogP contribution in [0, 0.1) is 0 Å². The van der Waals surface area contributed by atoms with Crippen molar-refractivity contribution in [1.82, 2.24) is 0 Å². The van der Waals surface area contributed by atoms with E-state index in [0.717, 1.165) is 0 Å². The second kappa shape index (κ2) is 7.56. The summed E-state index contributed by atoms with van der Waals surface area (Å²) in [5.74, 6) is 0. The molecule has 0 aromatic carbocycles. The van der Waals surface area contributed by atoms with E-state index in [9.17, 15) is 0 Å². The molecule has 0 aliphatic carbocycles. The van der Waals surface area contributed by atoms with E-state index in [1.54, 1.807) is 0 Å². The fraction of sp³-hybridized carbons (Fsp3) is 0. The molecule has 0 atom stereocenters. The van der Waals surface area contributed by atoms with Crippen LogP contribution in [0.15, 0.2) is 0 Å². The molecule has 38 valence electrons. The van der Waals surface area contributed by atoms with E-state index in [1.807, 2.05) is 0 Å². The Morgan fingerprint density at radius 1 is 0.857 bits per heavy atom. The molecule has 0 radical (unpaired) electrons. The van der Waals surface area contributed by atoms with Gasteiger partial charge in [-0.05, 0) is 0 Å². The SMILES string of the molecule is [CaH2].[KH].[OH][Ti]([OH])([OH])[OH]. The first-order valence-corrected chi connectivity index (χ1v) is 3.69. The van der Waals surface area contributed by atoms with Crippen LogP contribution in [0.4, 0.5) is 0 Å². The fourth-order valence-corrected chi connectivity index (χ4v) is 0. The van der Waals surface area contributed by atoms with Crippen molar-refractivity contribution in [1.29, 1.82) is 0 Å². The third-order valence-corrected chi connectivity index (χ3v) is 0. The number of rotatable bonds is 0. The summed E-state index contributed by atoms with van der Waals surface area (Å²) >= 11 is -5.00. The van der Waals surface area contributed by atoms with E-state index in [0.29, 0.717) is 0 Å². The molecule has 0 spiro atoms. The standard InChI is InChI=1S/Ca.K.4H2O.Ti.3H/h;;4*1H2;;;;/q;;;;;;+4;;;/p-4. The average Bonchev–Trinajstić information content (AvgIpc) is 0.722. The first-order chi connectivity index (χ1) is 2.00. The van der Waals surface area contributed by atoms with Gasteiger partial charge in [-0.2, -0.15) is 0 Å². The van der Waals surface area contributed by atoms with Crippen molar-refractivity contribution in [3.05, 3.63) is 0 Å². The quantitative estimate of drug-likeness (QED) is 0.301. The van der Waals surface area contributed by atoms with Crippen LogP contribution in [0.2, 0.25) is 0 Å².